The normalized spacial score (nSPS) is 15.8. The molecule has 4 rings (SSSR count). The van der Waals surface area contributed by atoms with Gasteiger partial charge in [0.2, 0.25) is 5.95 Å². The zero-order valence-electron chi connectivity index (χ0n) is 18.3. The summed E-state index contributed by atoms with van der Waals surface area (Å²) in [6, 6.07) is 14.8. The standard InChI is InChI=1S/C25H25ClN4O2/c1-25(2,3)17-9-7-15(8-10-17)16-11-21-20(22(31)12-16)14-27-23(29-21)30-24(32)28-19-6-4-5-18(26)13-19/h4-10,13-14,16H,11-12H2,1-3H3,(H2,27,28,29,30,32)/t16-/m1/s1. The van der Waals surface area contributed by atoms with Crippen LogP contribution in [0, 0.1) is 0 Å². The van der Waals surface area contributed by atoms with Crippen LogP contribution in [-0.2, 0) is 11.8 Å². The number of carbonyl (C=O) groups is 2. The van der Waals surface area contributed by atoms with Gasteiger partial charge in [-0.05, 0) is 47.1 Å². The first-order chi connectivity index (χ1) is 15.2. The van der Waals surface area contributed by atoms with Crippen LogP contribution in [0.4, 0.5) is 16.4 Å². The monoisotopic (exact) mass is 448 g/mol. The Morgan fingerprint density at radius 2 is 1.81 bits per heavy atom. The first kappa shape index (κ1) is 22.0. The number of ketones is 1. The number of benzene rings is 2. The van der Waals surface area contributed by atoms with Crippen molar-refractivity contribution < 1.29 is 9.59 Å². The second-order valence-corrected chi connectivity index (χ2v) is 9.48. The lowest BCUT2D eigenvalue weighted by atomic mass is 9.80. The molecule has 164 valence electrons. The van der Waals surface area contributed by atoms with E-state index in [0.717, 1.165) is 5.56 Å². The van der Waals surface area contributed by atoms with E-state index in [1.165, 1.54) is 11.8 Å². The third-order valence-corrected chi connectivity index (χ3v) is 5.83. The lowest BCUT2D eigenvalue weighted by molar-refractivity contribution is 0.0962. The number of hydrogen-bond acceptors (Lipinski definition) is 4. The van der Waals surface area contributed by atoms with Crippen molar-refractivity contribution in [3.8, 4) is 0 Å². The summed E-state index contributed by atoms with van der Waals surface area (Å²) in [5, 5.41) is 5.84. The van der Waals surface area contributed by atoms with Crippen molar-refractivity contribution in [2.45, 2.75) is 44.9 Å². The third kappa shape index (κ3) is 4.97. The van der Waals surface area contributed by atoms with E-state index >= 15 is 0 Å². The number of carbonyl (C=O) groups excluding carboxylic acids is 2. The summed E-state index contributed by atoms with van der Waals surface area (Å²) >= 11 is 5.95. The number of nitrogens with one attached hydrogen (secondary N) is 2. The van der Waals surface area contributed by atoms with Crippen molar-refractivity contribution in [3.05, 3.63) is 82.1 Å². The highest BCUT2D eigenvalue weighted by molar-refractivity contribution is 6.30. The van der Waals surface area contributed by atoms with Gasteiger partial charge in [0.25, 0.3) is 0 Å². The topological polar surface area (TPSA) is 84.0 Å². The van der Waals surface area contributed by atoms with Crippen molar-refractivity contribution >= 4 is 35.1 Å². The van der Waals surface area contributed by atoms with Crippen LogP contribution in [0.25, 0.3) is 0 Å². The van der Waals surface area contributed by atoms with Crippen LogP contribution in [0.5, 0.6) is 0 Å². The Labute approximate surface area is 192 Å². The van der Waals surface area contributed by atoms with Gasteiger partial charge in [-0.2, -0.15) is 0 Å². The average molecular weight is 449 g/mol. The molecular weight excluding hydrogens is 424 g/mol. The number of halogens is 1. The molecule has 0 fully saturated rings. The largest absolute Gasteiger partial charge is 0.326 e. The van der Waals surface area contributed by atoms with Crippen molar-refractivity contribution in [2.75, 3.05) is 10.6 Å². The molecule has 0 spiro atoms. The fourth-order valence-electron chi connectivity index (χ4n) is 3.83. The van der Waals surface area contributed by atoms with Gasteiger partial charge in [0, 0.05) is 23.3 Å². The van der Waals surface area contributed by atoms with Crippen LogP contribution in [0.1, 0.15) is 60.3 Å². The second-order valence-electron chi connectivity index (χ2n) is 9.04. The SMILES string of the molecule is CC(C)(C)c1ccc([C@H]2CC(=O)c3cnc(NC(=O)Nc4cccc(Cl)c4)nc3C2)cc1. The van der Waals surface area contributed by atoms with Gasteiger partial charge in [-0.1, -0.05) is 62.7 Å². The maximum atomic E-state index is 12.7. The van der Waals surface area contributed by atoms with Crippen LogP contribution >= 0.6 is 11.6 Å². The lowest BCUT2D eigenvalue weighted by Gasteiger charge is -2.25. The molecule has 2 N–H and O–H groups in total. The van der Waals surface area contributed by atoms with E-state index in [2.05, 4.69) is 65.6 Å². The number of anilines is 2. The smallest absolute Gasteiger partial charge is 0.308 e. The van der Waals surface area contributed by atoms with Gasteiger partial charge >= 0.3 is 6.03 Å². The summed E-state index contributed by atoms with van der Waals surface area (Å²) in [6.45, 7) is 6.53. The molecule has 1 atom stereocenters. The summed E-state index contributed by atoms with van der Waals surface area (Å²) in [5.41, 5.74) is 4.18. The minimum absolute atomic E-state index is 0.0195. The molecule has 1 heterocycles. The molecule has 0 aliphatic heterocycles. The Hall–Kier alpha value is -3.25. The average Bonchev–Trinajstić information content (AvgIpc) is 2.73. The molecule has 0 radical (unpaired) electrons. The first-order valence-corrected chi connectivity index (χ1v) is 10.9. The number of rotatable bonds is 3. The molecule has 2 aromatic carbocycles. The van der Waals surface area contributed by atoms with Crippen molar-refractivity contribution in [1.82, 2.24) is 9.97 Å². The molecule has 0 bridgehead atoms. The van der Waals surface area contributed by atoms with Crippen molar-refractivity contribution in [1.29, 1.82) is 0 Å². The zero-order chi connectivity index (χ0) is 22.9. The van der Waals surface area contributed by atoms with Gasteiger partial charge in [-0.3, -0.25) is 10.1 Å². The number of Topliss-reactive ketones (excluding diaryl/α,β-unsaturated/α-hetero) is 1. The predicted molar refractivity (Wildman–Crippen MR) is 127 cm³/mol. The highest BCUT2D eigenvalue weighted by Crippen LogP contribution is 2.33. The third-order valence-electron chi connectivity index (χ3n) is 5.60. The van der Waals surface area contributed by atoms with Crippen molar-refractivity contribution in [2.24, 2.45) is 0 Å². The molecule has 2 amide bonds. The van der Waals surface area contributed by atoms with E-state index in [1.807, 2.05) is 0 Å². The van der Waals surface area contributed by atoms with E-state index in [9.17, 15) is 9.59 Å². The fourth-order valence-corrected chi connectivity index (χ4v) is 4.02. The molecule has 0 saturated carbocycles. The first-order valence-electron chi connectivity index (χ1n) is 10.5. The number of nitrogens with zero attached hydrogens (tertiary/aromatic N) is 2. The summed E-state index contributed by atoms with van der Waals surface area (Å²) in [6.07, 6.45) is 2.54. The van der Waals surface area contributed by atoms with Gasteiger partial charge < -0.3 is 5.32 Å². The maximum Gasteiger partial charge on any atom is 0.326 e. The molecule has 0 unspecified atom stereocenters. The predicted octanol–water partition coefficient (Wildman–Crippen LogP) is 5.98. The van der Waals surface area contributed by atoms with E-state index < -0.39 is 6.03 Å². The quantitative estimate of drug-likeness (QED) is 0.515. The van der Waals surface area contributed by atoms with Gasteiger partial charge in [0.1, 0.15) is 0 Å². The van der Waals surface area contributed by atoms with E-state index in [-0.39, 0.29) is 23.1 Å². The molecule has 1 aliphatic carbocycles. The molecule has 3 aromatic rings. The molecule has 1 aromatic heterocycles. The van der Waals surface area contributed by atoms with E-state index in [0.29, 0.717) is 34.8 Å². The maximum absolute atomic E-state index is 12.7. The molecule has 7 heteroatoms. The van der Waals surface area contributed by atoms with Crippen molar-refractivity contribution in [3.63, 3.8) is 0 Å². The number of urea groups is 1. The Morgan fingerprint density at radius 3 is 2.50 bits per heavy atom. The molecule has 1 aliphatic rings. The minimum Gasteiger partial charge on any atom is -0.308 e. The Kier molecular flexibility index (Phi) is 5.98. The summed E-state index contributed by atoms with van der Waals surface area (Å²) < 4.78 is 0. The summed E-state index contributed by atoms with van der Waals surface area (Å²) in [5.74, 6) is 0.220. The van der Waals surface area contributed by atoms with Crippen LogP contribution in [-0.4, -0.2) is 21.8 Å². The number of amides is 2. The second kappa shape index (κ2) is 8.71. The van der Waals surface area contributed by atoms with Gasteiger partial charge in [0.05, 0.1) is 11.3 Å². The van der Waals surface area contributed by atoms with Crippen LogP contribution < -0.4 is 10.6 Å². The zero-order valence-corrected chi connectivity index (χ0v) is 19.0. The van der Waals surface area contributed by atoms with Crippen LogP contribution in [0.3, 0.4) is 0 Å². The van der Waals surface area contributed by atoms with Crippen LogP contribution in [0.15, 0.2) is 54.7 Å². The molecule has 6 nitrogen and oxygen atoms in total. The molecular formula is C25H25ClN4O2. The Morgan fingerprint density at radius 1 is 1.06 bits per heavy atom. The Balaban J connectivity index is 1.49. The Bertz CT molecular complexity index is 1170. The molecule has 32 heavy (non-hydrogen) atoms. The van der Waals surface area contributed by atoms with E-state index in [1.54, 1.807) is 24.3 Å². The van der Waals surface area contributed by atoms with E-state index in [4.69, 9.17) is 11.6 Å². The molecule has 0 saturated heterocycles. The van der Waals surface area contributed by atoms with Gasteiger partial charge in [0.15, 0.2) is 5.78 Å². The number of hydrogen-bond donors (Lipinski definition) is 2. The van der Waals surface area contributed by atoms with Gasteiger partial charge in [-0.15, -0.1) is 0 Å². The number of fused-ring (bicyclic) bond motifs is 1. The lowest BCUT2D eigenvalue weighted by Crippen LogP contribution is -2.24. The van der Waals surface area contributed by atoms with Gasteiger partial charge in [-0.25, -0.2) is 14.8 Å². The number of aromatic nitrogens is 2. The summed E-state index contributed by atoms with van der Waals surface area (Å²) in [4.78, 5) is 33.6. The van der Waals surface area contributed by atoms with Crippen LogP contribution in [0.2, 0.25) is 5.02 Å². The highest BCUT2D eigenvalue weighted by Gasteiger charge is 2.28. The summed E-state index contributed by atoms with van der Waals surface area (Å²) in [7, 11) is 0. The highest BCUT2D eigenvalue weighted by atomic mass is 35.5. The fraction of sp³-hybridized carbons (Fsp3) is 0.280. The minimum atomic E-state index is -0.483.